The summed E-state index contributed by atoms with van der Waals surface area (Å²) in [6, 6.07) is 0. The minimum atomic E-state index is -0.726. The first-order valence-electron chi connectivity index (χ1n) is 4.22. The van der Waals surface area contributed by atoms with Crippen molar-refractivity contribution in [2.45, 2.75) is 11.7 Å². The molecule has 2 unspecified atom stereocenters. The van der Waals surface area contributed by atoms with E-state index < -0.39 is 23.6 Å². The number of nitrogens with two attached hydrogens (primary N) is 1. The lowest BCUT2D eigenvalue weighted by molar-refractivity contribution is 0.0328. The smallest absolute Gasteiger partial charge is 0.351 e. The fourth-order valence-corrected chi connectivity index (χ4v) is 2.08. The summed E-state index contributed by atoms with van der Waals surface area (Å²) in [6.45, 7) is 3.67. The highest BCUT2D eigenvalue weighted by Gasteiger charge is 2.25. The molecule has 15 heavy (non-hydrogen) atoms. The van der Waals surface area contributed by atoms with Crippen LogP contribution in [0.25, 0.3) is 0 Å². The van der Waals surface area contributed by atoms with Gasteiger partial charge in [-0.25, -0.2) is 9.18 Å². The molecule has 2 rings (SSSR count). The fourth-order valence-electron chi connectivity index (χ4n) is 1.25. The molecular formula is C8H9FN3O2S. The van der Waals surface area contributed by atoms with Crippen molar-refractivity contribution in [1.82, 2.24) is 9.55 Å². The topological polar surface area (TPSA) is 70.1 Å². The summed E-state index contributed by atoms with van der Waals surface area (Å²) < 4.78 is 19.5. The molecule has 2 N–H and O–H groups in total. The number of aromatic nitrogens is 2. The van der Waals surface area contributed by atoms with Gasteiger partial charge in [0.2, 0.25) is 0 Å². The number of ether oxygens (including phenoxy) is 1. The Morgan fingerprint density at radius 2 is 2.53 bits per heavy atom. The van der Waals surface area contributed by atoms with Crippen LogP contribution in [0, 0.1) is 12.7 Å². The average Bonchev–Trinajstić information content (AvgIpc) is 2.58. The van der Waals surface area contributed by atoms with Crippen LogP contribution in [0.1, 0.15) is 6.23 Å². The van der Waals surface area contributed by atoms with Gasteiger partial charge in [0.15, 0.2) is 11.6 Å². The van der Waals surface area contributed by atoms with E-state index in [0.29, 0.717) is 5.75 Å². The molecule has 1 fully saturated rings. The maximum absolute atomic E-state index is 13.1. The van der Waals surface area contributed by atoms with Crippen LogP contribution < -0.4 is 11.4 Å². The van der Waals surface area contributed by atoms with E-state index in [0.717, 1.165) is 10.8 Å². The molecule has 0 aromatic carbocycles. The minimum absolute atomic E-state index is 0.248. The zero-order chi connectivity index (χ0) is 11.0. The standard InChI is InChI=1S/C8H9FN3O2S/c1-4-14-6(3-15-4)12-2-5(9)7(10)11-8(12)13/h2,4,6H,1,3H2,(H2,10,11,13). The van der Waals surface area contributed by atoms with E-state index in [-0.39, 0.29) is 5.44 Å². The lowest BCUT2D eigenvalue weighted by Crippen LogP contribution is -2.29. The van der Waals surface area contributed by atoms with Crippen LogP contribution >= 0.6 is 11.8 Å². The van der Waals surface area contributed by atoms with Crippen molar-refractivity contribution in [3.05, 3.63) is 29.4 Å². The molecule has 2 heterocycles. The second-order valence-electron chi connectivity index (χ2n) is 3.02. The highest BCUT2D eigenvalue weighted by molar-refractivity contribution is 8.00. The number of nitrogens with zero attached hydrogens (tertiary/aromatic N) is 2. The Balaban J connectivity index is 2.36. The first kappa shape index (κ1) is 10.4. The van der Waals surface area contributed by atoms with Crippen molar-refractivity contribution in [2.24, 2.45) is 0 Å². The molecule has 0 saturated carbocycles. The highest BCUT2D eigenvalue weighted by Crippen LogP contribution is 2.30. The molecule has 1 aromatic rings. The van der Waals surface area contributed by atoms with Crippen LogP contribution in [-0.4, -0.2) is 20.7 Å². The first-order valence-corrected chi connectivity index (χ1v) is 5.27. The molecule has 2 atom stereocenters. The van der Waals surface area contributed by atoms with Crippen molar-refractivity contribution in [2.75, 3.05) is 11.5 Å². The number of thioether (sulfide) groups is 1. The van der Waals surface area contributed by atoms with E-state index >= 15 is 0 Å². The molecule has 1 saturated heterocycles. The predicted molar refractivity (Wildman–Crippen MR) is 54.6 cm³/mol. The van der Waals surface area contributed by atoms with Gasteiger partial charge in [-0.05, 0) is 6.92 Å². The first-order chi connectivity index (χ1) is 7.08. The Hall–Kier alpha value is -1.08. The zero-order valence-electron chi connectivity index (χ0n) is 7.72. The molecule has 1 aliphatic heterocycles. The highest BCUT2D eigenvalue weighted by atomic mass is 32.2. The van der Waals surface area contributed by atoms with Crippen LogP contribution in [0.15, 0.2) is 11.0 Å². The van der Waals surface area contributed by atoms with Crippen molar-refractivity contribution in [3.63, 3.8) is 0 Å². The van der Waals surface area contributed by atoms with Crippen LogP contribution in [0.2, 0.25) is 0 Å². The van der Waals surface area contributed by atoms with Crippen LogP contribution in [-0.2, 0) is 4.74 Å². The third-order valence-electron chi connectivity index (χ3n) is 1.98. The molecule has 0 amide bonds. The maximum Gasteiger partial charge on any atom is 0.351 e. The maximum atomic E-state index is 13.1. The predicted octanol–water partition coefficient (Wildman–Crippen LogP) is 0.387. The van der Waals surface area contributed by atoms with Gasteiger partial charge in [0.1, 0.15) is 11.7 Å². The normalized spacial score (nSPS) is 25.7. The molecule has 7 heteroatoms. The van der Waals surface area contributed by atoms with E-state index in [2.05, 4.69) is 11.9 Å². The van der Waals surface area contributed by atoms with Crippen molar-refractivity contribution in [3.8, 4) is 0 Å². The summed E-state index contributed by atoms with van der Waals surface area (Å²) in [5.41, 5.74) is 4.29. The molecule has 1 aliphatic rings. The summed E-state index contributed by atoms with van der Waals surface area (Å²) in [6.07, 6.45) is 0.487. The molecule has 5 nitrogen and oxygen atoms in total. The quantitative estimate of drug-likeness (QED) is 0.755. The Morgan fingerprint density at radius 1 is 1.80 bits per heavy atom. The van der Waals surface area contributed by atoms with Crippen molar-refractivity contribution in [1.29, 1.82) is 0 Å². The number of nitrogen functional groups attached to an aromatic ring is 1. The van der Waals surface area contributed by atoms with Crippen LogP contribution in [0.4, 0.5) is 10.2 Å². The molecular weight excluding hydrogens is 221 g/mol. The van der Waals surface area contributed by atoms with Gasteiger partial charge in [-0.15, -0.1) is 11.8 Å². The number of hydrogen-bond acceptors (Lipinski definition) is 5. The summed E-state index contributed by atoms with van der Waals surface area (Å²) >= 11 is 1.44. The van der Waals surface area contributed by atoms with E-state index in [9.17, 15) is 9.18 Å². The zero-order valence-corrected chi connectivity index (χ0v) is 8.54. The monoisotopic (exact) mass is 230 g/mol. The van der Waals surface area contributed by atoms with Crippen LogP contribution in [0.3, 0.4) is 0 Å². The number of rotatable bonds is 1. The molecule has 0 aliphatic carbocycles. The average molecular weight is 230 g/mol. The second-order valence-corrected chi connectivity index (χ2v) is 4.21. The van der Waals surface area contributed by atoms with Gasteiger partial charge < -0.3 is 10.5 Å². The number of hydrogen-bond donors (Lipinski definition) is 1. The van der Waals surface area contributed by atoms with Gasteiger partial charge in [0.05, 0.1) is 6.20 Å². The summed E-state index contributed by atoms with van der Waals surface area (Å²) in [5, 5.41) is 0. The summed E-state index contributed by atoms with van der Waals surface area (Å²) in [5.74, 6) is -0.581. The van der Waals surface area contributed by atoms with Crippen LogP contribution in [0.5, 0.6) is 0 Å². The summed E-state index contributed by atoms with van der Waals surface area (Å²) in [7, 11) is 0. The Kier molecular flexibility index (Phi) is 2.66. The van der Waals surface area contributed by atoms with E-state index in [4.69, 9.17) is 10.5 Å². The molecule has 0 bridgehead atoms. The van der Waals surface area contributed by atoms with Gasteiger partial charge in [0.25, 0.3) is 0 Å². The van der Waals surface area contributed by atoms with Gasteiger partial charge >= 0.3 is 5.69 Å². The Morgan fingerprint density at radius 3 is 3.13 bits per heavy atom. The second kappa shape index (κ2) is 3.82. The SMILES string of the molecule is [CH2]C1OC(n2cc(F)c(N)nc2=O)CS1. The van der Waals surface area contributed by atoms with E-state index in [1.165, 1.54) is 11.8 Å². The third-order valence-corrected chi connectivity index (χ3v) is 2.94. The Labute approximate surface area is 89.4 Å². The summed E-state index contributed by atoms with van der Waals surface area (Å²) in [4.78, 5) is 14.7. The lowest BCUT2D eigenvalue weighted by Gasteiger charge is -2.12. The molecule has 81 valence electrons. The molecule has 1 radical (unpaired) electrons. The van der Waals surface area contributed by atoms with Crippen molar-refractivity contribution < 1.29 is 9.13 Å². The number of anilines is 1. The largest absolute Gasteiger partial charge is 0.381 e. The van der Waals surface area contributed by atoms with Gasteiger partial charge in [-0.2, -0.15) is 4.98 Å². The third kappa shape index (κ3) is 1.98. The minimum Gasteiger partial charge on any atom is -0.381 e. The van der Waals surface area contributed by atoms with Gasteiger partial charge in [-0.3, -0.25) is 4.57 Å². The molecule has 0 spiro atoms. The Bertz CT molecular complexity index is 436. The molecule has 1 aromatic heterocycles. The van der Waals surface area contributed by atoms with E-state index in [1.54, 1.807) is 0 Å². The van der Waals surface area contributed by atoms with Crippen molar-refractivity contribution >= 4 is 17.6 Å². The van der Waals surface area contributed by atoms with Gasteiger partial charge in [-0.1, -0.05) is 0 Å². The van der Waals surface area contributed by atoms with E-state index in [1.807, 2.05) is 0 Å². The fraction of sp³-hybridized carbons (Fsp3) is 0.375. The van der Waals surface area contributed by atoms with Gasteiger partial charge in [0, 0.05) is 5.75 Å². The lowest BCUT2D eigenvalue weighted by atomic mass is 10.5. The number of halogens is 1.